The lowest BCUT2D eigenvalue weighted by Crippen LogP contribution is -2.38. The van der Waals surface area contributed by atoms with Gasteiger partial charge < -0.3 is 9.84 Å². The van der Waals surface area contributed by atoms with E-state index in [1.807, 2.05) is 12.1 Å². The van der Waals surface area contributed by atoms with E-state index in [-0.39, 0.29) is 6.61 Å². The van der Waals surface area contributed by atoms with Gasteiger partial charge in [-0.3, -0.25) is 4.90 Å². The van der Waals surface area contributed by atoms with Gasteiger partial charge >= 0.3 is 0 Å². The highest BCUT2D eigenvalue weighted by molar-refractivity contribution is 5.39. The van der Waals surface area contributed by atoms with E-state index in [1.54, 1.807) is 0 Å². The van der Waals surface area contributed by atoms with E-state index in [1.165, 1.54) is 12.0 Å². The Morgan fingerprint density at radius 3 is 3.06 bits per heavy atom. The van der Waals surface area contributed by atoms with Crippen molar-refractivity contribution in [1.82, 2.24) is 4.90 Å². The van der Waals surface area contributed by atoms with Gasteiger partial charge in [0.1, 0.15) is 5.75 Å². The number of ether oxygens (including phenoxy) is 1. The van der Waals surface area contributed by atoms with Crippen molar-refractivity contribution in [2.75, 3.05) is 26.3 Å². The van der Waals surface area contributed by atoms with Crippen LogP contribution in [0, 0.1) is 5.92 Å². The fourth-order valence-corrected chi connectivity index (χ4v) is 3.27. The molecule has 3 unspecified atom stereocenters. The van der Waals surface area contributed by atoms with Crippen molar-refractivity contribution < 1.29 is 9.84 Å². The standard InChI is InChI=1S/C15H21NO2/c1-11-6-7-16(14(11)9-17)8-12-10-18-15-5-3-2-4-13(12)15/h2-5,11-12,14,17H,6-10H2,1H3. The van der Waals surface area contributed by atoms with E-state index in [9.17, 15) is 5.11 Å². The lowest BCUT2D eigenvalue weighted by Gasteiger charge is -2.27. The molecule has 0 spiro atoms. The molecule has 3 atom stereocenters. The number of fused-ring (bicyclic) bond motifs is 1. The van der Waals surface area contributed by atoms with Crippen LogP contribution in [-0.4, -0.2) is 42.4 Å². The number of hydrogen-bond donors (Lipinski definition) is 1. The van der Waals surface area contributed by atoms with Crippen LogP contribution >= 0.6 is 0 Å². The Balaban J connectivity index is 1.71. The SMILES string of the molecule is CC1CCN(CC2COc3ccccc32)C1CO. The topological polar surface area (TPSA) is 32.7 Å². The molecule has 1 aromatic carbocycles. The number of hydrogen-bond acceptors (Lipinski definition) is 3. The minimum Gasteiger partial charge on any atom is -0.493 e. The molecule has 1 saturated heterocycles. The Labute approximate surface area is 108 Å². The van der Waals surface area contributed by atoms with Crippen LogP contribution in [0.2, 0.25) is 0 Å². The molecule has 0 aliphatic carbocycles. The van der Waals surface area contributed by atoms with Gasteiger partial charge in [-0.05, 0) is 24.9 Å². The second-order valence-corrected chi connectivity index (χ2v) is 5.56. The van der Waals surface area contributed by atoms with Gasteiger partial charge in [0.05, 0.1) is 13.2 Å². The summed E-state index contributed by atoms with van der Waals surface area (Å²) in [5.41, 5.74) is 1.33. The van der Waals surface area contributed by atoms with Gasteiger partial charge in [0.15, 0.2) is 0 Å². The number of para-hydroxylation sites is 1. The van der Waals surface area contributed by atoms with Gasteiger partial charge in [-0.1, -0.05) is 25.1 Å². The van der Waals surface area contributed by atoms with Crippen molar-refractivity contribution in [2.24, 2.45) is 5.92 Å². The Morgan fingerprint density at radius 2 is 2.22 bits per heavy atom. The number of likely N-dealkylation sites (tertiary alicyclic amines) is 1. The largest absolute Gasteiger partial charge is 0.493 e. The monoisotopic (exact) mass is 247 g/mol. The molecule has 98 valence electrons. The smallest absolute Gasteiger partial charge is 0.122 e. The number of aliphatic hydroxyl groups is 1. The zero-order valence-corrected chi connectivity index (χ0v) is 10.9. The van der Waals surface area contributed by atoms with Crippen LogP contribution in [0.5, 0.6) is 5.75 Å². The number of aliphatic hydroxyl groups excluding tert-OH is 1. The summed E-state index contributed by atoms with van der Waals surface area (Å²) >= 11 is 0. The molecule has 0 bridgehead atoms. The zero-order valence-electron chi connectivity index (χ0n) is 10.9. The van der Waals surface area contributed by atoms with Gasteiger partial charge in [-0.15, -0.1) is 0 Å². The Kier molecular flexibility index (Phi) is 3.27. The van der Waals surface area contributed by atoms with E-state index < -0.39 is 0 Å². The van der Waals surface area contributed by atoms with Crippen molar-refractivity contribution in [3.05, 3.63) is 29.8 Å². The van der Waals surface area contributed by atoms with Crippen molar-refractivity contribution in [2.45, 2.75) is 25.3 Å². The third-order valence-electron chi connectivity index (χ3n) is 4.44. The molecule has 0 aromatic heterocycles. The summed E-state index contributed by atoms with van der Waals surface area (Å²) in [5, 5.41) is 9.50. The van der Waals surface area contributed by atoms with Crippen molar-refractivity contribution in [3.63, 3.8) is 0 Å². The first-order valence-electron chi connectivity index (χ1n) is 6.86. The molecule has 18 heavy (non-hydrogen) atoms. The summed E-state index contributed by atoms with van der Waals surface area (Å²) in [6.07, 6.45) is 1.19. The fourth-order valence-electron chi connectivity index (χ4n) is 3.27. The van der Waals surface area contributed by atoms with Crippen LogP contribution in [0.1, 0.15) is 24.8 Å². The predicted molar refractivity (Wildman–Crippen MR) is 70.9 cm³/mol. The molecular formula is C15H21NO2. The number of nitrogens with zero attached hydrogens (tertiary/aromatic N) is 1. The lowest BCUT2D eigenvalue weighted by atomic mass is 9.99. The molecule has 1 N–H and O–H groups in total. The first kappa shape index (κ1) is 12.0. The van der Waals surface area contributed by atoms with Gasteiger partial charge in [0, 0.05) is 24.1 Å². The molecule has 1 fully saturated rings. The maximum absolute atomic E-state index is 9.50. The number of benzene rings is 1. The average molecular weight is 247 g/mol. The first-order chi connectivity index (χ1) is 8.79. The van der Waals surface area contributed by atoms with E-state index in [2.05, 4.69) is 24.0 Å². The summed E-state index contributed by atoms with van der Waals surface area (Å²) in [6, 6.07) is 8.65. The van der Waals surface area contributed by atoms with E-state index in [0.717, 1.165) is 25.4 Å². The highest BCUT2D eigenvalue weighted by Gasteiger charge is 2.34. The van der Waals surface area contributed by atoms with Crippen LogP contribution < -0.4 is 4.74 Å². The fraction of sp³-hybridized carbons (Fsp3) is 0.600. The highest BCUT2D eigenvalue weighted by Crippen LogP contribution is 2.35. The Bertz CT molecular complexity index is 421. The van der Waals surface area contributed by atoms with Crippen LogP contribution in [0.3, 0.4) is 0 Å². The number of rotatable bonds is 3. The quantitative estimate of drug-likeness (QED) is 0.885. The van der Waals surface area contributed by atoms with Crippen LogP contribution in [-0.2, 0) is 0 Å². The first-order valence-corrected chi connectivity index (χ1v) is 6.86. The van der Waals surface area contributed by atoms with Crippen molar-refractivity contribution in [3.8, 4) is 5.75 Å². The average Bonchev–Trinajstić information content (AvgIpc) is 2.95. The molecular weight excluding hydrogens is 226 g/mol. The molecule has 0 saturated carbocycles. The van der Waals surface area contributed by atoms with E-state index in [0.29, 0.717) is 17.9 Å². The van der Waals surface area contributed by atoms with Crippen LogP contribution in [0.4, 0.5) is 0 Å². The van der Waals surface area contributed by atoms with Gasteiger partial charge in [-0.25, -0.2) is 0 Å². The third kappa shape index (κ3) is 2.02. The highest BCUT2D eigenvalue weighted by atomic mass is 16.5. The summed E-state index contributed by atoms with van der Waals surface area (Å²) in [7, 11) is 0. The maximum Gasteiger partial charge on any atom is 0.122 e. The van der Waals surface area contributed by atoms with Gasteiger partial charge in [0.2, 0.25) is 0 Å². The summed E-state index contributed by atoms with van der Waals surface area (Å²) in [6.45, 7) is 5.40. The van der Waals surface area contributed by atoms with Crippen molar-refractivity contribution in [1.29, 1.82) is 0 Å². The Morgan fingerprint density at radius 1 is 1.39 bits per heavy atom. The van der Waals surface area contributed by atoms with E-state index in [4.69, 9.17) is 4.74 Å². The molecule has 1 aromatic rings. The zero-order chi connectivity index (χ0) is 12.5. The van der Waals surface area contributed by atoms with Gasteiger partial charge in [0.25, 0.3) is 0 Å². The second kappa shape index (κ2) is 4.90. The molecule has 0 radical (unpaired) electrons. The molecule has 3 heteroatoms. The van der Waals surface area contributed by atoms with Crippen LogP contribution in [0.25, 0.3) is 0 Å². The maximum atomic E-state index is 9.50. The van der Waals surface area contributed by atoms with Crippen molar-refractivity contribution >= 4 is 0 Å². The van der Waals surface area contributed by atoms with Crippen LogP contribution in [0.15, 0.2) is 24.3 Å². The molecule has 3 rings (SSSR count). The minimum absolute atomic E-state index is 0.274. The predicted octanol–water partition coefficient (Wildman–Crippen LogP) is 1.87. The molecule has 0 amide bonds. The summed E-state index contributed by atoms with van der Waals surface area (Å²) in [4.78, 5) is 2.43. The van der Waals surface area contributed by atoms with Gasteiger partial charge in [-0.2, -0.15) is 0 Å². The second-order valence-electron chi connectivity index (χ2n) is 5.56. The van der Waals surface area contributed by atoms with E-state index >= 15 is 0 Å². The Hall–Kier alpha value is -1.06. The molecule has 2 aliphatic heterocycles. The summed E-state index contributed by atoms with van der Waals surface area (Å²) in [5.74, 6) is 2.10. The summed E-state index contributed by atoms with van der Waals surface area (Å²) < 4.78 is 5.73. The third-order valence-corrected chi connectivity index (χ3v) is 4.44. The molecule has 2 heterocycles. The lowest BCUT2D eigenvalue weighted by molar-refractivity contribution is 0.130. The molecule has 3 nitrogen and oxygen atoms in total. The normalized spacial score (nSPS) is 31.3. The minimum atomic E-state index is 0.274. The molecule has 2 aliphatic rings.